The zero-order valence-corrected chi connectivity index (χ0v) is 13.9. The van der Waals surface area contributed by atoms with Gasteiger partial charge in [0.05, 0.1) is 32.5 Å². The zero-order chi connectivity index (χ0) is 16.6. The molecule has 6 heteroatoms. The molecular weight excluding hydrogens is 288 g/mol. The molecule has 2 saturated heterocycles. The largest absolute Gasteiger partial charge is 0.391 e. The number of hydrogen-bond donors (Lipinski definition) is 2. The third kappa shape index (κ3) is 5.95. The van der Waals surface area contributed by atoms with E-state index in [4.69, 9.17) is 29.2 Å². The van der Waals surface area contributed by atoms with Crippen molar-refractivity contribution in [1.29, 1.82) is 0 Å². The average Bonchev–Trinajstić information content (AvgIpc) is 3.10. The lowest BCUT2D eigenvalue weighted by Gasteiger charge is -2.19. The van der Waals surface area contributed by atoms with E-state index in [0.717, 1.165) is 12.8 Å². The van der Waals surface area contributed by atoms with Gasteiger partial charge in [-0.05, 0) is 20.3 Å². The van der Waals surface area contributed by atoms with E-state index < -0.39 is 11.6 Å². The lowest BCUT2D eigenvalue weighted by Crippen LogP contribution is -2.31. The van der Waals surface area contributed by atoms with E-state index in [0.29, 0.717) is 13.2 Å². The second kappa shape index (κ2) is 8.96. The Hall–Kier alpha value is -0.500. The fourth-order valence-corrected chi connectivity index (χ4v) is 2.19. The summed E-state index contributed by atoms with van der Waals surface area (Å²) in [6.07, 6.45) is 5.15. The van der Waals surface area contributed by atoms with Crippen LogP contribution in [0, 0.1) is 0 Å². The number of aliphatic hydroxyl groups is 2. The molecule has 0 aromatic carbocycles. The van der Waals surface area contributed by atoms with Crippen LogP contribution >= 0.6 is 0 Å². The molecular formula is C16H30O6. The van der Waals surface area contributed by atoms with Crippen LogP contribution in [0.25, 0.3) is 0 Å². The van der Waals surface area contributed by atoms with Gasteiger partial charge < -0.3 is 29.2 Å². The van der Waals surface area contributed by atoms with Crippen molar-refractivity contribution in [3.05, 3.63) is 12.7 Å². The molecule has 2 N–H and O–H groups in total. The highest BCUT2D eigenvalue weighted by atomic mass is 16.8. The lowest BCUT2D eigenvalue weighted by molar-refractivity contribution is -0.178. The number of hydrogen-bond acceptors (Lipinski definition) is 6. The summed E-state index contributed by atoms with van der Waals surface area (Å²) in [4.78, 5) is 0. The summed E-state index contributed by atoms with van der Waals surface area (Å²) in [6, 6.07) is 0. The molecule has 0 radical (unpaired) electrons. The van der Waals surface area contributed by atoms with Crippen LogP contribution < -0.4 is 0 Å². The Labute approximate surface area is 133 Å². The predicted octanol–water partition coefficient (Wildman–Crippen LogP) is 1.60. The number of unbranched alkanes of at least 4 members (excludes halogenated alkanes) is 1. The number of ether oxygens (including phenoxy) is 4. The normalized spacial score (nSPS) is 37.7. The molecule has 130 valence electrons. The van der Waals surface area contributed by atoms with E-state index in [9.17, 15) is 0 Å². The van der Waals surface area contributed by atoms with Gasteiger partial charge in [0.15, 0.2) is 11.6 Å². The summed E-state index contributed by atoms with van der Waals surface area (Å²) in [5.74, 6) is -1.54. The first-order valence-corrected chi connectivity index (χ1v) is 7.88. The fourth-order valence-electron chi connectivity index (χ4n) is 2.19. The predicted molar refractivity (Wildman–Crippen MR) is 82.4 cm³/mol. The smallest absolute Gasteiger partial charge is 0.189 e. The first-order chi connectivity index (χ1) is 10.4. The highest BCUT2D eigenvalue weighted by Gasteiger charge is 2.36. The van der Waals surface area contributed by atoms with Gasteiger partial charge in [0, 0.05) is 0 Å². The molecule has 4 unspecified atom stereocenters. The average molecular weight is 318 g/mol. The van der Waals surface area contributed by atoms with Gasteiger partial charge in [-0.2, -0.15) is 0 Å². The Bertz CT molecular complexity index is 335. The van der Waals surface area contributed by atoms with Crippen molar-refractivity contribution in [1.82, 2.24) is 0 Å². The molecule has 0 spiro atoms. The van der Waals surface area contributed by atoms with Crippen LogP contribution in [0.5, 0.6) is 0 Å². The first kappa shape index (κ1) is 19.5. The minimum Gasteiger partial charge on any atom is -0.391 e. The second-order valence-corrected chi connectivity index (χ2v) is 5.98. The molecule has 0 aromatic rings. The van der Waals surface area contributed by atoms with Crippen molar-refractivity contribution >= 4 is 0 Å². The van der Waals surface area contributed by atoms with Gasteiger partial charge in [-0.25, -0.2) is 0 Å². The molecule has 2 aliphatic heterocycles. The number of rotatable bonds is 6. The second-order valence-electron chi connectivity index (χ2n) is 5.98. The van der Waals surface area contributed by atoms with Crippen molar-refractivity contribution in [2.45, 2.75) is 63.8 Å². The summed E-state index contributed by atoms with van der Waals surface area (Å²) in [5.41, 5.74) is 0. The van der Waals surface area contributed by atoms with E-state index in [1.165, 1.54) is 6.42 Å². The van der Waals surface area contributed by atoms with Gasteiger partial charge in [0.1, 0.15) is 6.10 Å². The summed E-state index contributed by atoms with van der Waals surface area (Å²) >= 11 is 0. The van der Waals surface area contributed by atoms with Crippen LogP contribution in [0.1, 0.15) is 40.0 Å². The Morgan fingerprint density at radius 1 is 1.09 bits per heavy atom. The Kier molecular flexibility index (Phi) is 7.96. The summed E-state index contributed by atoms with van der Waals surface area (Å²) in [6.45, 7) is 10.1. The minimum absolute atomic E-state index is 0.0599. The topological polar surface area (TPSA) is 77.4 Å². The summed E-state index contributed by atoms with van der Waals surface area (Å²) in [7, 11) is 0. The third-order valence-corrected chi connectivity index (χ3v) is 3.66. The molecule has 2 rings (SSSR count). The molecule has 0 amide bonds. The standard InChI is InChI=1S/C9H18O3.C7H12O3/c1-3-4-5-8-6-11-9(2,7-10)12-8;1-3-6-4-9-7(2,5-8)10-6/h8,10H,3-7H2,1-2H3;3,6,8H,1,4-5H2,2H3. The molecule has 0 saturated carbocycles. The van der Waals surface area contributed by atoms with E-state index in [-0.39, 0.29) is 25.4 Å². The highest BCUT2D eigenvalue weighted by molar-refractivity contribution is 4.86. The fraction of sp³-hybridized carbons (Fsp3) is 0.875. The van der Waals surface area contributed by atoms with E-state index in [2.05, 4.69) is 13.5 Å². The summed E-state index contributed by atoms with van der Waals surface area (Å²) < 4.78 is 21.3. The molecule has 4 atom stereocenters. The molecule has 0 aliphatic carbocycles. The van der Waals surface area contributed by atoms with Crippen molar-refractivity contribution in [3.8, 4) is 0 Å². The Morgan fingerprint density at radius 3 is 2.09 bits per heavy atom. The van der Waals surface area contributed by atoms with Crippen LogP contribution in [0.2, 0.25) is 0 Å². The van der Waals surface area contributed by atoms with Crippen LogP contribution in [0.4, 0.5) is 0 Å². The zero-order valence-electron chi connectivity index (χ0n) is 13.9. The maximum Gasteiger partial charge on any atom is 0.189 e. The molecule has 2 aliphatic rings. The molecule has 2 fully saturated rings. The van der Waals surface area contributed by atoms with Gasteiger partial charge in [0.2, 0.25) is 0 Å². The molecule has 0 bridgehead atoms. The Balaban J connectivity index is 0.000000224. The first-order valence-electron chi connectivity index (χ1n) is 7.88. The van der Waals surface area contributed by atoms with Crippen LogP contribution in [-0.2, 0) is 18.9 Å². The maximum absolute atomic E-state index is 8.92. The van der Waals surface area contributed by atoms with E-state index in [1.54, 1.807) is 19.9 Å². The molecule has 22 heavy (non-hydrogen) atoms. The maximum atomic E-state index is 8.92. The van der Waals surface area contributed by atoms with Crippen molar-refractivity contribution in [2.24, 2.45) is 0 Å². The molecule has 6 nitrogen and oxygen atoms in total. The number of aliphatic hydroxyl groups excluding tert-OH is 2. The highest BCUT2D eigenvalue weighted by Crippen LogP contribution is 2.25. The van der Waals surface area contributed by atoms with E-state index in [1.807, 2.05) is 0 Å². The van der Waals surface area contributed by atoms with Crippen molar-refractivity contribution < 1.29 is 29.2 Å². The summed E-state index contributed by atoms with van der Waals surface area (Å²) in [5, 5.41) is 17.7. The van der Waals surface area contributed by atoms with Gasteiger partial charge in [-0.1, -0.05) is 25.8 Å². The van der Waals surface area contributed by atoms with Crippen LogP contribution in [0.3, 0.4) is 0 Å². The SMILES string of the molecule is C=CC1COC(C)(CO)O1.CCCCC1COC(C)(CO)O1. The van der Waals surface area contributed by atoms with Gasteiger partial charge in [-0.3, -0.25) is 0 Å². The van der Waals surface area contributed by atoms with Crippen LogP contribution in [-0.4, -0.2) is 60.4 Å². The lowest BCUT2D eigenvalue weighted by atomic mass is 10.2. The minimum atomic E-state index is -0.807. The molecule has 0 aromatic heterocycles. The van der Waals surface area contributed by atoms with Crippen molar-refractivity contribution in [2.75, 3.05) is 26.4 Å². The van der Waals surface area contributed by atoms with Gasteiger partial charge >= 0.3 is 0 Å². The van der Waals surface area contributed by atoms with Gasteiger partial charge in [0.25, 0.3) is 0 Å². The monoisotopic (exact) mass is 318 g/mol. The van der Waals surface area contributed by atoms with Crippen LogP contribution in [0.15, 0.2) is 12.7 Å². The third-order valence-electron chi connectivity index (χ3n) is 3.66. The van der Waals surface area contributed by atoms with Crippen molar-refractivity contribution in [3.63, 3.8) is 0 Å². The Morgan fingerprint density at radius 2 is 1.68 bits per heavy atom. The molecule has 2 heterocycles. The van der Waals surface area contributed by atoms with E-state index >= 15 is 0 Å². The van der Waals surface area contributed by atoms with Gasteiger partial charge in [-0.15, -0.1) is 6.58 Å². The quantitative estimate of drug-likeness (QED) is 0.724.